The molecule has 0 amide bonds. The van der Waals surface area contributed by atoms with Gasteiger partial charge in [0.15, 0.2) is 11.5 Å². The van der Waals surface area contributed by atoms with Crippen LogP contribution in [0.25, 0.3) is 5.78 Å². The fourth-order valence-electron chi connectivity index (χ4n) is 2.39. The summed E-state index contributed by atoms with van der Waals surface area (Å²) in [5, 5.41) is 13.7. The first-order valence-corrected chi connectivity index (χ1v) is 6.82. The van der Waals surface area contributed by atoms with Crippen molar-refractivity contribution in [3.8, 4) is 0 Å². The first kappa shape index (κ1) is 12.8. The number of hydrogen-bond donors (Lipinski definition) is 1. The van der Waals surface area contributed by atoms with E-state index in [1.165, 1.54) is 0 Å². The number of aromatic nitrogens is 4. The van der Waals surface area contributed by atoms with Crippen LogP contribution < -0.4 is 4.90 Å². The van der Waals surface area contributed by atoms with Gasteiger partial charge in [0, 0.05) is 25.1 Å². The van der Waals surface area contributed by atoms with Gasteiger partial charge in [-0.3, -0.25) is 0 Å². The molecule has 0 unspecified atom stereocenters. The maximum absolute atomic E-state index is 11.2. The van der Waals surface area contributed by atoms with E-state index in [9.17, 15) is 9.90 Å². The standard InChI is InChI=1S/C13H17N5O2/c1-8(2)11-15-13-14-9(12(19)20)7-10(18(13)16-11)17-5-3-4-6-17/h7-8H,3-6H2,1-2H3,(H,19,20). The Morgan fingerprint density at radius 3 is 2.60 bits per heavy atom. The van der Waals surface area contributed by atoms with Crippen LogP contribution in [0.4, 0.5) is 5.82 Å². The average molecular weight is 275 g/mol. The molecule has 0 aromatic carbocycles. The molecule has 2 aromatic heterocycles. The van der Waals surface area contributed by atoms with Crippen LogP contribution in [0, 0.1) is 0 Å². The van der Waals surface area contributed by atoms with Gasteiger partial charge in [-0.05, 0) is 12.8 Å². The summed E-state index contributed by atoms with van der Waals surface area (Å²) in [4.78, 5) is 21.8. The summed E-state index contributed by atoms with van der Waals surface area (Å²) in [7, 11) is 0. The lowest BCUT2D eigenvalue weighted by atomic mass is 10.2. The second-order valence-electron chi connectivity index (χ2n) is 5.34. The quantitative estimate of drug-likeness (QED) is 0.915. The maximum atomic E-state index is 11.2. The molecule has 0 saturated carbocycles. The van der Waals surface area contributed by atoms with Crippen LogP contribution in [0.15, 0.2) is 6.07 Å². The Labute approximate surface area is 116 Å². The van der Waals surface area contributed by atoms with Crippen molar-refractivity contribution in [1.82, 2.24) is 19.6 Å². The molecule has 0 spiro atoms. The van der Waals surface area contributed by atoms with Crippen LogP contribution >= 0.6 is 0 Å². The minimum absolute atomic E-state index is 0.0158. The normalized spacial score (nSPS) is 15.4. The number of anilines is 1. The lowest BCUT2D eigenvalue weighted by Crippen LogP contribution is -2.22. The highest BCUT2D eigenvalue weighted by atomic mass is 16.4. The second-order valence-corrected chi connectivity index (χ2v) is 5.34. The third kappa shape index (κ3) is 2.09. The van der Waals surface area contributed by atoms with Crippen LogP contribution in [0.2, 0.25) is 0 Å². The lowest BCUT2D eigenvalue weighted by Gasteiger charge is -2.18. The molecule has 7 nitrogen and oxygen atoms in total. The highest BCUT2D eigenvalue weighted by molar-refractivity contribution is 5.87. The number of carbonyl (C=O) groups is 1. The summed E-state index contributed by atoms with van der Waals surface area (Å²) in [5.41, 5.74) is 0.0158. The van der Waals surface area contributed by atoms with Gasteiger partial charge in [0.2, 0.25) is 0 Å². The van der Waals surface area contributed by atoms with Gasteiger partial charge in [0.05, 0.1) is 0 Å². The van der Waals surface area contributed by atoms with E-state index >= 15 is 0 Å². The van der Waals surface area contributed by atoms with Crippen LogP contribution in [0.3, 0.4) is 0 Å². The van der Waals surface area contributed by atoms with Crippen molar-refractivity contribution in [2.24, 2.45) is 0 Å². The number of carboxylic acids is 1. The Hall–Kier alpha value is -2.18. The van der Waals surface area contributed by atoms with Crippen molar-refractivity contribution < 1.29 is 9.90 Å². The molecular formula is C13H17N5O2. The molecule has 3 rings (SSSR count). The molecule has 3 heterocycles. The van der Waals surface area contributed by atoms with Gasteiger partial charge in [-0.25, -0.2) is 9.78 Å². The van der Waals surface area contributed by atoms with E-state index in [1.807, 2.05) is 13.8 Å². The van der Waals surface area contributed by atoms with Gasteiger partial charge < -0.3 is 10.0 Å². The number of hydrogen-bond acceptors (Lipinski definition) is 5. The molecule has 1 N–H and O–H groups in total. The van der Waals surface area contributed by atoms with Crippen LogP contribution in [0.1, 0.15) is 48.9 Å². The van der Waals surface area contributed by atoms with Gasteiger partial charge in [-0.15, -0.1) is 5.10 Å². The average Bonchev–Trinajstić information content (AvgIpc) is 3.06. The largest absolute Gasteiger partial charge is 0.477 e. The zero-order chi connectivity index (χ0) is 14.3. The number of aromatic carboxylic acids is 1. The molecule has 0 aliphatic carbocycles. The molecule has 0 radical (unpaired) electrons. The zero-order valence-corrected chi connectivity index (χ0v) is 11.6. The van der Waals surface area contributed by atoms with E-state index in [1.54, 1.807) is 10.6 Å². The van der Waals surface area contributed by atoms with E-state index in [0.717, 1.165) is 31.7 Å². The molecule has 1 aliphatic heterocycles. The number of rotatable bonds is 3. The molecule has 7 heteroatoms. The third-order valence-electron chi connectivity index (χ3n) is 3.48. The lowest BCUT2D eigenvalue weighted by molar-refractivity contribution is 0.0690. The van der Waals surface area contributed by atoms with Crippen LogP contribution in [-0.4, -0.2) is 43.7 Å². The van der Waals surface area contributed by atoms with Crippen molar-refractivity contribution in [3.05, 3.63) is 17.6 Å². The van der Waals surface area contributed by atoms with Crippen molar-refractivity contribution in [3.63, 3.8) is 0 Å². The van der Waals surface area contributed by atoms with Gasteiger partial charge in [0.25, 0.3) is 5.78 Å². The first-order chi connectivity index (χ1) is 9.56. The summed E-state index contributed by atoms with van der Waals surface area (Å²) in [6.07, 6.45) is 2.22. The van der Waals surface area contributed by atoms with Gasteiger partial charge in [-0.2, -0.15) is 9.50 Å². The van der Waals surface area contributed by atoms with Gasteiger partial charge >= 0.3 is 5.97 Å². The fraction of sp³-hybridized carbons (Fsp3) is 0.538. The predicted molar refractivity (Wildman–Crippen MR) is 73.3 cm³/mol. The summed E-state index contributed by atoms with van der Waals surface area (Å²) in [6.45, 7) is 5.83. The minimum Gasteiger partial charge on any atom is -0.477 e. The monoisotopic (exact) mass is 275 g/mol. The summed E-state index contributed by atoms with van der Waals surface area (Å²) >= 11 is 0. The van der Waals surface area contributed by atoms with Gasteiger partial charge in [0.1, 0.15) is 5.82 Å². The first-order valence-electron chi connectivity index (χ1n) is 6.82. The second kappa shape index (κ2) is 4.73. The fourth-order valence-corrected chi connectivity index (χ4v) is 2.39. The minimum atomic E-state index is -1.04. The molecule has 20 heavy (non-hydrogen) atoms. The number of nitrogens with zero attached hydrogens (tertiary/aromatic N) is 5. The summed E-state index contributed by atoms with van der Waals surface area (Å²) in [5.74, 6) is 0.943. The summed E-state index contributed by atoms with van der Waals surface area (Å²) in [6, 6.07) is 1.58. The zero-order valence-electron chi connectivity index (χ0n) is 11.6. The maximum Gasteiger partial charge on any atom is 0.354 e. The molecule has 2 aromatic rings. The molecule has 106 valence electrons. The predicted octanol–water partition coefficient (Wildman–Crippen LogP) is 1.55. The Morgan fingerprint density at radius 2 is 2.00 bits per heavy atom. The molecule has 0 bridgehead atoms. The highest BCUT2D eigenvalue weighted by Gasteiger charge is 2.21. The molecule has 1 aliphatic rings. The topological polar surface area (TPSA) is 83.6 Å². The van der Waals surface area contributed by atoms with Crippen LogP contribution in [-0.2, 0) is 0 Å². The van der Waals surface area contributed by atoms with Crippen molar-refractivity contribution >= 4 is 17.6 Å². The molecule has 0 atom stereocenters. The van der Waals surface area contributed by atoms with Crippen molar-refractivity contribution in [2.75, 3.05) is 18.0 Å². The Morgan fingerprint density at radius 1 is 1.30 bits per heavy atom. The Kier molecular flexibility index (Phi) is 3.04. The van der Waals surface area contributed by atoms with E-state index < -0.39 is 5.97 Å². The highest BCUT2D eigenvalue weighted by Crippen LogP contribution is 2.22. The Bertz CT molecular complexity index is 658. The number of fused-ring (bicyclic) bond motifs is 1. The van der Waals surface area contributed by atoms with E-state index in [4.69, 9.17) is 0 Å². The molecular weight excluding hydrogens is 258 g/mol. The third-order valence-corrected chi connectivity index (χ3v) is 3.48. The molecule has 1 saturated heterocycles. The van der Waals surface area contributed by atoms with Crippen LogP contribution in [0.5, 0.6) is 0 Å². The van der Waals surface area contributed by atoms with Crippen molar-refractivity contribution in [1.29, 1.82) is 0 Å². The van der Waals surface area contributed by atoms with E-state index in [-0.39, 0.29) is 11.6 Å². The Balaban J connectivity index is 2.20. The van der Waals surface area contributed by atoms with E-state index in [2.05, 4.69) is 20.0 Å². The summed E-state index contributed by atoms with van der Waals surface area (Å²) < 4.78 is 1.66. The molecule has 1 fully saturated rings. The van der Waals surface area contributed by atoms with Crippen molar-refractivity contribution in [2.45, 2.75) is 32.6 Å². The SMILES string of the molecule is CC(C)c1nc2nc(C(=O)O)cc(N3CCCC3)n2n1. The smallest absolute Gasteiger partial charge is 0.354 e. The van der Waals surface area contributed by atoms with E-state index in [0.29, 0.717) is 11.6 Å². The van der Waals surface area contributed by atoms with Gasteiger partial charge in [-0.1, -0.05) is 13.8 Å². The number of carboxylic acid groups (broad SMARTS) is 1.